The molecule has 1 aliphatic heterocycles. The van der Waals surface area contributed by atoms with Crippen molar-refractivity contribution in [2.75, 3.05) is 23.8 Å². The van der Waals surface area contributed by atoms with Gasteiger partial charge in [-0.05, 0) is 49.2 Å². The number of nitrogens with two attached hydrogens (primary N) is 2. The van der Waals surface area contributed by atoms with Crippen LogP contribution in [0.2, 0.25) is 0 Å². The Morgan fingerprint density at radius 1 is 1.03 bits per heavy atom. The van der Waals surface area contributed by atoms with Gasteiger partial charge < -0.3 is 16.5 Å². The second-order valence-electron chi connectivity index (χ2n) is 7.71. The standard InChI is InChI=1S/C23H22N8/c24-14-15-3-1-4-16(13-15)19-6-7-20-23(28-19)31(30-11-8-17(25)9-12-30)22(29-20)18-5-2-10-27-21(18)26/h1-7,10,13,17H,8-9,11-12,25H2,(H2,26,27). The first kappa shape index (κ1) is 19.0. The number of nitrogen functional groups attached to an aromatic ring is 1. The predicted octanol–water partition coefficient (Wildman–Crippen LogP) is 2.67. The summed E-state index contributed by atoms with van der Waals surface area (Å²) in [6.45, 7) is 1.60. The van der Waals surface area contributed by atoms with Crippen molar-refractivity contribution in [3.63, 3.8) is 0 Å². The Hall–Kier alpha value is -3.96. The number of pyridine rings is 2. The van der Waals surface area contributed by atoms with Crippen LogP contribution in [0.15, 0.2) is 54.7 Å². The van der Waals surface area contributed by atoms with Gasteiger partial charge in [0, 0.05) is 30.9 Å². The van der Waals surface area contributed by atoms with E-state index in [1.807, 2.05) is 47.1 Å². The second kappa shape index (κ2) is 7.70. The van der Waals surface area contributed by atoms with Crippen molar-refractivity contribution < 1.29 is 0 Å². The molecule has 1 saturated heterocycles. The number of imidazole rings is 1. The summed E-state index contributed by atoms with van der Waals surface area (Å²) in [6, 6.07) is 17.5. The number of piperidine rings is 1. The van der Waals surface area contributed by atoms with E-state index in [4.69, 9.17) is 21.4 Å². The average molecular weight is 410 g/mol. The minimum absolute atomic E-state index is 0.204. The smallest absolute Gasteiger partial charge is 0.180 e. The molecular weight excluding hydrogens is 388 g/mol. The largest absolute Gasteiger partial charge is 0.383 e. The average Bonchev–Trinajstić information content (AvgIpc) is 3.18. The number of anilines is 1. The van der Waals surface area contributed by atoms with E-state index >= 15 is 0 Å². The fraction of sp³-hybridized carbons (Fsp3) is 0.217. The molecule has 0 saturated carbocycles. The highest BCUT2D eigenvalue weighted by Crippen LogP contribution is 2.30. The third kappa shape index (κ3) is 3.45. The Bertz CT molecular complexity index is 1290. The Morgan fingerprint density at radius 3 is 2.65 bits per heavy atom. The first-order valence-electron chi connectivity index (χ1n) is 10.3. The molecule has 4 heterocycles. The van der Waals surface area contributed by atoms with Crippen LogP contribution in [0, 0.1) is 11.3 Å². The summed E-state index contributed by atoms with van der Waals surface area (Å²) < 4.78 is 2.05. The molecule has 0 radical (unpaired) electrons. The maximum atomic E-state index is 9.25. The third-order valence-corrected chi connectivity index (χ3v) is 5.65. The van der Waals surface area contributed by atoms with E-state index in [1.54, 1.807) is 12.3 Å². The molecule has 8 heteroatoms. The first-order valence-corrected chi connectivity index (χ1v) is 10.3. The first-order chi connectivity index (χ1) is 15.1. The Labute approximate surface area is 179 Å². The van der Waals surface area contributed by atoms with Gasteiger partial charge in [0.2, 0.25) is 0 Å². The topological polar surface area (TPSA) is 123 Å². The predicted molar refractivity (Wildman–Crippen MR) is 120 cm³/mol. The fourth-order valence-electron chi connectivity index (χ4n) is 3.99. The molecule has 3 aromatic heterocycles. The molecule has 0 amide bonds. The lowest BCUT2D eigenvalue weighted by molar-refractivity contribution is 0.439. The van der Waals surface area contributed by atoms with E-state index in [2.05, 4.69) is 16.1 Å². The number of rotatable bonds is 3. The highest BCUT2D eigenvalue weighted by molar-refractivity contribution is 5.83. The molecule has 1 aliphatic rings. The zero-order valence-electron chi connectivity index (χ0n) is 16.9. The maximum absolute atomic E-state index is 9.25. The SMILES string of the molecule is N#Cc1cccc(-c2ccc3nc(-c4cccnc4N)n(N4CCC(N)CC4)c3n2)c1. The zero-order valence-corrected chi connectivity index (χ0v) is 16.9. The Morgan fingerprint density at radius 2 is 1.87 bits per heavy atom. The lowest BCUT2D eigenvalue weighted by Crippen LogP contribution is -2.45. The second-order valence-corrected chi connectivity index (χ2v) is 7.71. The number of hydrogen-bond donors (Lipinski definition) is 2. The molecule has 4 N–H and O–H groups in total. The monoisotopic (exact) mass is 410 g/mol. The highest BCUT2D eigenvalue weighted by atomic mass is 15.6. The van der Waals surface area contributed by atoms with Gasteiger partial charge in [0.05, 0.1) is 22.9 Å². The number of nitriles is 1. The number of benzene rings is 1. The Balaban J connectivity index is 1.71. The van der Waals surface area contributed by atoms with Crippen LogP contribution in [0.5, 0.6) is 0 Å². The van der Waals surface area contributed by atoms with Crippen LogP contribution < -0.4 is 16.5 Å². The van der Waals surface area contributed by atoms with Gasteiger partial charge in [0.15, 0.2) is 11.5 Å². The molecule has 8 nitrogen and oxygen atoms in total. The summed E-state index contributed by atoms with van der Waals surface area (Å²) in [7, 11) is 0. The van der Waals surface area contributed by atoms with Crippen molar-refractivity contribution in [1.82, 2.24) is 19.6 Å². The van der Waals surface area contributed by atoms with Crippen molar-refractivity contribution in [2.24, 2.45) is 5.73 Å². The van der Waals surface area contributed by atoms with Gasteiger partial charge in [-0.3, -0.25) is 0 Å². The Kier molecular flexibility index (Phi) is 4.73. The van der Waals surface area contributed by atoms with Crippen LogP contribution in [0.25, 0.3) is 33.8 Å². The summed E-state index contributed by atoms with van der Waals surface area (Å²) in [4.78, 5) is 14.1. The molecule has 4 aromatic rings. The minimum Gasteiger partial charge on any atom is -0.383 e. The molecule has 0 spiro atoms. The van der Waals surface area contributed by atoms with Gasteiger partial charge in [0.1, 0.15) is 11.3 Å². The van der Waals surface area contributed by atoms with Crippen LogP contribution in [0.3, 0.4) is 0 Å². The number of fused-ring (bicyclic) bond motifs is 1. The normalized spacial score (nSPS) is 14.6. The van der Waals surface area contributed by atoms with Crippen LogP contribution >= 0.6 is 0 Å². The zero-order chi connectivity index (χ0) is 21.4. The van der Waals surface area contributed by atoms with Crippen molar-refractivity contribution in [3.8, 4) is 28.7 Å². The van der Waals surface area contributed by atoms with E-state index < -0.39 is 0 Å². The van der Waals surface area contributed by atoms with Crippen LogP contribution in [-0.2, 0) is 0 Å². The van der Waals surface area contributed by atoms with Gasteiger partial charge in [-0.25, -0.2) is 19.6 Å². The molecule has 154 valence electrons. The van der Waals surface area contributed by atoms with Crippen molar-refractivity contribution in [3.05, 3.63) is 60.3 Å². The van der Waals surface area contributed by atoms with E-state index in [1.165, 1.54) is 0 Å². The van der Waals surface area contributed by atoms with E-state index in [-0.39, 0.29) is 6.04 Å². The fourth-order valence-corrected chi connectivity index (χ4v) is 3.99. The van der Waals surface area contributed by atoms with Crippen molar-refractivity contribution in [1.29, 1.82) is 5.26 Å². The molecule has 1 fully saturated rings. The molecule has 0 unspecified atom stereocenters. The maximum Gasteiger partial charge on any atom is 0.180 e. The van der Waals surface area contributed by atoms with E-state index in [0.717, 1.165) is 53.9 Å². The molecule has 0 bridgehead atoms. The molecule has 5 rings (SSSR count). The third-order valence-electron chi connectivity index (χ3n) is 5.65. The van der Waals surface area contributed by atoms with Crippen molar-refractivity contribution >= 4 is 17.0 Å². The lowest BCUT2D eigenvalue weighted by Gasteiger charge is -2.33. The number of nitrogens with zero attached hydrogens (tertiary/aromatic N) is 6. The quantitative estimate of drug-likeness (QED) is 0.532. The minimum atomic E-state index is 0.204. The van der Waals surface area contributed by atoms with Gasteiger partial charge in [-0.15, -0.1) is 0 Å². The van der Waals surface area contributed by atoms with Crippen LogP contribution in [0.4, 0.5) is 5.82 Å². The van der Waals surface area contributed by atoms with E-state index in [9.17, 15) is 5.26 Å². The van der Waals surface area contributed by atoms with Crippen LogP contribution in [0.1, 0.15) is 18.4 Å². The number of hydrogen-bond acceptors (Lipinski definition) is 7. The van der Waals surface area contributed by atoms with Crippen LogP contribution in [-0.4, -0.2) is 38.8 Å². The molecule has 0 atom stereocenters. The van der Waals surface area contributed by atoms with Crippen molar-refractivity contribution in [2.45, 2.75) is 18.9 Å². The molecule has 0 aliphatic carbocycles. The van der Waals surface area contributed by atoms with Gasteiger partial charge >= 0.3 is 0 Å². The van der Waals surface area contributed by atoms with E-state index in [0.29, 0.717) is 17.2 Å². The molecular formula is C23H22N8. The van der Waals surface area contributed by atoms with Gasteiger partial charge in [-0.2, -0.15) is 5.26 Å². The molecule has 31 heavy (non-hydrogen) atoms. The summed E-state index contributed by atoms with van der Waals surface area (Å²) in [6.07, 6.45) is 3.46. The lowest BCUT2D eigenvalue weighted by atomic mass is 10.1. The highest BCUT2D eigenvalue weighted by Gasteiger charge is 2.24. The van der Waals surface area contributed by atoms with Gasteiger partial charge in [0.25, 0.3) is 0 Å². The summed E-state index contributed by atoms with van der Waals surface area (Å²) in [5, 5.41) is 11.5. The number of aromatic nitrogens is 4. The summed E-state index contributed by atoms with van der Waals surface area (Å²) in [5.41, 5.74) is 16.9. The molecule has 1 aromatic carbocycles. The summed E-state index contributed by atoms with van der Waals surface area (Å²) >= 11 is 0. The summed E-state index contributed by atoms with van der Waals surface area (Å²) in [5.74, 6) is 1.14. The van der Waals surface area contributed by atoms with Gasteiger partial charge in [-0.1, -0.05) is 12.1 Å².